The minimum absolute atomic E-state index is 0.219. The fourth-order valence-corrected chi connectivity index (χ4v) is 5.26. The van der Waals surface area contributed by atoms with E-state index in [2.05, 4.69) is 17.3 Å². The quantitative estimate of drug-likeness (QED) is 0.658. The van der Waals surface area contributed by atoms with Gasteiger partial charge in [0.05, 0.1) is 18.8 Å². The molecular formula is C24H26N4O4S. The summed E-state index contributed by atoms with van der Waals surface area (Å²) in [6, 6.07) is 15.0. The number of hydrogen-bond donors (Lipinski definition) is 1. The Kier molecular flexibility index (Phi) is 6.42. The summed E-state index contributed by atoms with van der Waals surface area (Å²) < 4.78 is 5.73. The van der Waals surface area contributed by atoms with E-state index in [-0.39, 0.29) is 22.9 Å². The average Bonchev–Trinajstić information content (AvgIpc) is 3.27. The fraction of sp³-hybridized carbons (Fsp3) is 0.333. The van der Waals surface area contributed by atoms with Crippen molar-refractivity contribution in [2.75, 3.05) is 11.5 Å². The lowest BCUT2D eigenvalue weighted by atomic mass is 10.1. The lowest BCUT2D eigenvalue weighted by molar-refractivity contribution is -0.139. The molecular weight excluding hydrogens is 440 g/mol. The van der Waals surface area contributed by atoms with Gasteiger partial charge in [-0.2, -0.15) is 5.01 Å². The third kappa shape index (κ3) is 4.20. The van der Waals surface area contributed by atoms with E-state index in [0.29, 0.717) is 24.4 Å². The minimum Gasteiger partial charge on any atom is -0.494 e. The van der Waals surface area contributed by atoms with Gasteiger partial charge < -0.3 is 15.0 Å². The fourth-order valence-electron chi connectivity index (χ4n) is 3.93. The van der Waals surface area contributed by atoms with Gasteiger partial charge in [-0.1, -0.05) is 43.7 Å². The molecule has 172 valence electrons. The van der Waals surface area contributed by atoms with Crippen molar-refractivity contribution in [2.45, 2.75) is 45.0 Å². The first-order valence-corrected chi connectivity index (χ1v) is 11.7. The summed E-state index contributed by atoms with van der Waals surface area (Å²) in [4.78, 5) is 38.3. The predicted molar refractivity (Wildman–Crippen MR) is 128 cm³/mol. The third-order valence-corrected chi connectivity index (χ3v) is 6.68. The number of thioether (sulfide) groups is 1. The van der Waals surface area contributed by atoms with Crippen molar-refractivity contribution in [3.63, 3.8) is 0 Å². The molecule has 9 heteroatoms. The number of ether oxygens (including phenoxy) is 1. The van der Waals surface area contributed by atoms with Crippen molar-refractivity contribution in [3.8, 4) is 5.75 Å². The summed E-state index contributed by atoms with van der Waals surface area (Å²) in [5.41, 5.74) is 2.31. The molecule has 2 aliphatic heterocycles. The molecule has 0 bridgehead atoms. The smallest absolute Gasteiger partial charge is 0.271 e. The van der Waals surface area contributed by atoms with Crippen LogP contribution in [0.2, 0.25) is 0 Å². The molecule has 0 fully saturated rings. The number of hydrazone groups is 1. The SMILES string of the molecule is CCCCOc1ccc(CN2C(=O)[C@@]3(SC(NC(C)=O)=NN3C(C)=O)c3ccccc32)cc1. The highest BCUT2D eigenvalue weighted by Crippen LogP contribution is 2.54. The Hall–Kier alpha value is -3.33. The zero-order valence-corrected chi connectivity index (χ0v) is 19.6. The van der Waals surface area contributed by atoms with Crippen LogP contribution in [0.1, 0.15) is 44.7 Å². The van der Waals surface area contributed by atoms with Gasteiger partial charge in [-0.05, 0) is 41.9 Å². The van der Waals surface area contributed by atoms with Crippen molar-refractivity contribution in [3.05, 3.63) is 59.7 Å². The van der Waals surface area contributed by atoms with Crippen molar-refractivity contribution in [1.82, 2.24) is 10.3 Å². The number of benzene rings is 2. The zero-order chi connectivity index (χ0) is 23.6. The van der Waals surface area contributed by atoms with Crippen LogP contribution in [-0.2, 0) is 25.8 Å². The Labute approximate surface area is 197 Å². The molecule has 8 nitrogen and oxygen atoms in total. The zero-order valence-electron chi connectivity index (χ0n) is 18.8. The molecule has 1 atom stereocenters. The molecule has 0 aromatic heterocycles. The Morgan fingerprint density at radius 1 is 1.12 bits per heavy atom. The van der Waals surface area contributed by atoms with E-state index >= 15 is 0 Å². The standard InChI is InChI=1S/C24H26N4O4S/c1-4-5-14-32-19-12-10-18(11-13-19)15-27-21-9-7-6-8-20(21)24(22(27)31)28(17(3)30)26-23(33-24)25-16(2)29/h6-13H,4-5,14-15H2,1-3H3,(H,25,26,29)/t24-/m0/s1. The second-order valence-electron chi connectivity index (χ2n) is 7.92. The Morgan fingerprint density at radius 2 is 1.85 bits per heavy atom. The number of carbonyl (C=O) groups is 3. The molecule has 2 aliphatic rings. The number of fused-ring (bicyclic) bond motifs is 2. The molecule has 2 heterocycles. The van der Waals surface area contributed by atoms with Crippen LogP contribution >= 0.6 is 11.8 Å². The van der Waals surface area contributed by atoms with Gasteiger partial charge in [0.25, 0.3) is 5.91 Å². The molecule has 2 aromatic carbocycles. The summed E-state index contributed by atoms with van der Waals surface area (Å²) in [7, 11) is 0. The number of para-hydroxylation sites is 1. The summed E-state index contributed by atoms with van der Waals surface area (Å²) in [5, 5.41) is 8.28. The highest BCUT2D eigenvalue weighted by Gasteiger charge is 2.61. The van der Waals surface area contributed by atoms with Crippen LogP contribution in [-0.4, -0.2) is 34.5 Å². The van der Waals surface area contributed by atoms with E-state index < -0.39 is 4.87 Å². The molecule has 33 heavy (non-hydrogen) atoms. The van der Waals surface area contributed by atoms with Crippen LogP contribution in [0, 0.1) is 0 Å². The summed E-state index contributed by atoms with van der Waals surface area (Å²) in [6.07, 6.45) is 2.06. The lowest BCUT2D eigenvalue weighted by Crippen LogP contribution is -2.48. The maximum Gasteiger partial charge on any atom is 0.271 e. The first-order chi connectivity index (χ1) is 15.9. The molecule has 0 unspecified atom stereocenters. The second-order valence-corrected chi connectivity index (χ2v) is 9.10. The van der Waals surface area contributed by atoms with E-state index in [1.54, 1.807) is 4.90 Å². The minimum atomic E-state index is -1.39. The maximum atomic E-state index is 13.9. The van der Waals surface area contributed by atoms with E-state index in [1.165, 1.54) is 18.9 Å². The number of rotatable bonds is 6. The predicted octanol–water partition coefficient (Wildman–Crippen LogP) is 3.57. The molecule has 4 rings (SSSR count). The van der Waals surface area contributed by atoms with E-state index in [9.17, 15) is 14.4 Å². The normalized spacial score (nSPS) is 19.0. The monoisotopic (exact) mass is 466 g/mol. The number of unbranched alkanes of at least 4 members (excludes halogenated alkanes) is 1. The van der Waals surface area contributed by atoms with Crippen LogP contribution in [0.15, 0.2) is 53.6 Å². The van der Waals surface area contributed by atoms with Crippen molar-refractivity contribution >= 4 is 40.3 Å². The van der Waals surface area contributed by atoms with Crippen LogP contribution in [0.4, 0.5) is 5.69 Å². The van der Waals surface area contributed by atoms with Crippen molar-refractivity contribution in [2.24, 2.45) is 5.10 Å². The van der Waals surface area contributed by atoms with Crippen LogP contribution in [0.3, 0.4) is 0 Å². The number of hydrogen-bond acceptors (Lipinski definition) is 6. The molecule has 1 N–H and O–H groups in total. The Bertz CT molecular complexity index is 1120. The van der Waals surface area contributed by atoms with Crippen LogP contribution < -0.4 is 15.0 Å². The first kappa shape index (κ1) is 22.8. The van der Waals surface area contributed by atoms with E-state index in [0.717, 1.165) is 35.9 Å². The van der Waals surface area contributed by atoms with E-state index in [1.807, 2.05) is 48.5 Å². The Morgan fingerprint density at radius 3 is 2.52 bits per heavy atom. The first-order valence-electron chi connectivity index (χ1n) is 10.9. The van der Waals surface area contributed by atoms with Gasteiger partial charge in [-0.25, -0.2) is 0 Å². The van der Waals surface area contributed by atoms with Crippen LogP contribution in [0.5, 0.6) is 5.75 Å². The van der Waals surface area contributed by atoms with Gasteiger partial charge in [-0.15, -0.1) is 5.10 Å². The van der Waals surface area contributed by atoms with Gasteiger partial charge >= 0.3 is 0 Å². The number of nitrogens with one attached hydrogen (secondary N) is 1. The number of anilines is 1. The highest BCUT2D eigenvalue weighted by molar-refractivity contribution is 8.15. The second kappa shape index (κ2) is 9.27. The highest BCUT2D eigenvalue weighted by atomic mass is 32.2. The van der Waals surface area contributed by atoms with Gasteiger partial charge in [0.1, 0.15) is 5.75 Å². The van der Waals surface area contributed by atoms with Gasteiger partial charge in [0.15, 0.2) is 5.17 Å². The number of amidine groups is 1. The molecule has 0 aliphatic carbocycles. The largest absolute Gasteiger partial charge is 0.494 e. The Balaban J connectivity index is 1.64. The number of amides is 3. The molecule has 0 radical (unpaired) electrons. The summed E-state index contributed by atoms with van der Waals surface area (Å²) in [5.74, 6) is -0.199. The summed E-state index contributed by atoms with van der Waals surface area (Å²) in [6.45, 7) is 5.83. The van der Waals surface area contributed by atoms with Crippen molar-refractivity contribution in [1.29, 1.82) is 0 Å². The molecule has 0 saturated carbocycles. The molecule has 1 spiro atoms. The van der Waals surface area contributed by atoms with Crippen LogP contribution in [0.25, 0.3) is 0 Å². The van der Waals surface area contributed by atoms with Crippen molar-refractivity contribution < 1.29 is 19.1 Å². The van der Waals surface area contributed by atoms with E-state index in [4.69, 9.17) is 4.74 Å². The van der Waals surface area contributed by atoms with Gasteiger partial charge in [0, 0.05) is 19.4 Å². The number of nitrogens with zero attached hydrogens (tertiary/aromatic N) is 3. The maximum absolute atomic E-state index is 13.9. The number of carbonyl (C=O) groups excluding carboxylic acids is 3. The summed E-state index contributed by atoms with van der Waals surface area (Å²) >= 11 is 1.08. The molecule has 3 amide bonds. The molecule has 0 saturated heterocycles. The third-order valence-electron chi connectivity index (χ3n) is 5.44. The van der Waals surface area contributed by atoms with Gasteiger partial charge in [-0.3, -0.25) is 14.4 Å². The average molecular weight is 467 g/mol. The lowest BCUT2D eigenvalue weighted by Gasteiger charge is -2.29. The molecule has 2 aromatic rings. The topological polar surface area (TPSA) is 91.3 Å². The van der Waals surface area contributed by atoms with Gasteiger partial charge in [0.2, 0.25) is 16.7 Å².